The van der Waals surface area contributed by atoms with E-state index in [9.17, 15) is 30.8 Å². The number of ether oxygens (including phenoxy) is 1. The summed E-state index contributed by atoms with van der Waals surface area (Å²) in [4.78, 5) is 14.9. The van der Waals surface area contributed by atoms with Crippen molar-refractivity contribution in [3.8, 4) is 11.5 Å². The lowest BCUT2D eigenvalue weighted by Crippen LogP contribution is -2.61. The van der Waals surface area contributed by atoms with Crippen molar-refractivity contribution in [1.29, 1.82) is 0 Å². The van der Waals surface area contributed by atoms with Gasteiger partial charge in [-0.05, 0) is 49.1 Å². The summed E-state index contributed by atoms with van der Waals surface area (Å²) in [6.45, 7) is 1.70. The van der Waals surface area contributed by atoms with Crippen LogP contribution >= 0.6 is 23.2 Å². The minimum absolute atomic E-state index is 0.0376. The van der Waals surface area contributed by atoms with Crippen molar-refractivity contribution in [3.63, 3.8) is 0 Å². The molecule has 202 valence electrons. The lowest BCUT2D eigenvalue weighted by Gasteiger charge is -2.52. The van der Waals surface area contributed by atoms with Gasteiger partial charge in [-0.15, -0.1) is 0 Å². The molecule has 1 amide bonds. The molecule has 2 aliphatic heterocycles. The normalized spacial score (nSPS) is 18.1. The molecular weight excluding hydrogens is 559 g/mol. The quantitative estimate of drug-likeness (QED) is 0.397. The molecule has 0 aliphatic carbocycles. The fourth-order valence-corrected chi connectivity index (χ4v) is 6.17. The Morgan fingerprint density at radius 3 is 2.35 bits per heavy atom. The number of alkyl halides is 3. The van der Waals surface area contributed by atoms with Crippen molar-refractivity contribution in [1.82, 2.24) is 9.21 Å². The van der Waals surface area contributed by atoms with Crippen molar-refractivity contribution >= 4 is 39.1 Å². The van der Waals surface area contributed by atoms with Crippen LogP contribution < -0.4 is 4.74 Å². The molecule has 37 heavy (non-hydrogen) atoms. The van der Waals surface area contributed by atoms with Gasteiger partial charge in [-0.1, -0.05) is 23.2 Å². The summed E-state index contributed by atoms with van der Waals surface area (Å²) in [6.07, 6.45) is -3.49. The molecule has 0 radical (unpaired) electrons. The number of nitrogens with zero attached hydrogens (tertiary/aromatic N) is 2. The van der Waals surface area contributed by atoms with E-state index in [2.05, 4.69) is 0 Å². The molecule has 0 N–H and O–H groups in total. The Morgan fingerprint density at radius 1 is 1.11 bits per heavy atom. The van der Waals surface area contributed by atoms with Gasteiger partial charge >= 0.3 is 6.18 Å². The lowest BCUT2D eigenvalue weighted by molar-refractivity contribution is -0.134. The number of carbonyl (C=O) groups is 1. The molecule has 2 aromatic carbocycles. The van der Waals surface area contributed by atoms with E-state index in [4.69, 9.17) is 27.9 Å². The number of amides is 1. The monoisotopic (exact) mass is 582 g/mol. The number of carbonyl (C=O) groups excluding carboxylic acids is 1. The highest BCUT2D eigenvalue weighted by Crippen LogP contribution is 2.43. The first-order valence-corrected chi connectivity index (χ1v) is 14.0. The van der Waals surface area contributed by atoms with Gasteiger partial charge in [0.05, 0.1) is 21.9 Å². The number of halogens is 6. The average molecular weight is 583 g/mol. The highest BCUT2D eigenvalue weighted by atomic mass is 35.5. The van der Waals surface area contributed by atoms with Crippen LogP contribution in [0.1, 0.15) is 35.2 Å². The van der Waals surface area contributed by atoms with Crippen LogP contribution in [0.2, 0.25) is 10.0 Å². The maximum atomic E-state index is 14.1. The Hall–Kier alpha value is -2.08. The smallest absolute Gasteiger partial charge is 0.389 e. The molecule has 4 rings (SSSR count). The standard InChI is InChI=1S/C24H24Cl2F4N2O4S/c1-37(34,35)32-13-23(14-32)6-8-31(9-7-23)22(33)18-2-3-19(25)21(20(18)26)36-17-11-15(10-16(27)12-17)4-5-24(28,29)30/h2-3,10-12H,4-9,13-14H2,1H3. The third-order valence-corrected chi connectivity index (χ3v) is 8.60. The highest BCUT2D eigenvalue weighted by molar-refractivity contribution is 7.88. The SMILES string of the molecule is CS(=O)(=O)N1CC2(CCN(C(=O)c3ccc(Cl)c(Oc4cc(F)cc(CCC(F)(F)F)c4)c3Cl)CC2)C1. The van der Waals surface area contributed by atoms with Gasteiger partial charge in [0.2, 0.25) is 10.0 Å². The van der Waals surface area contributed by atoms with E-state index in [1.54, 1.807) is 4.90 Å². The van der Waals surface area contributed by atoms with Crippen molar-refractivity contribution in [2.75, 3.05) is 32.4 Å². The summed E-state index contributed by atoms with van der Waals surface area (Å²) in [5, 5.41) is -0.0682. The molecule has 2 aliphatic rings. The van der Waals surface area contributed by atoms with Gasteiger partial charge in [-0.3, -0.25) is 4.79 Å². The molecule has 0 aromatic heterocycles. The first kappa shape index (κ1) is 27.9. The lowest BCUT2D eigenvalue weighted by atomic mass is 9.73. The third kappa shape index (κ3) is 6.50. The van der Waals surface area contributed by atoms with Crippen LogP contribution in [-0.2, 0) is 16.4 Å². The molecule has 0 saturated carbocycles. The first-order chi connectivity index (χ1) is 17.2. The number of sulfonamides is 1. The minimum Gasteiger partial charge on any atom is -0.454 e. The zero-order valence-electron chi connectivity index (χ0n) is 19.7. The summed E-state index contributed by atoms with van der Waals surface area (Å²) in [5.41, 5.74) is 0.0515. The van der Waals surface area contributed by atoms with Crippen LogP contribution in [0.15, 0.2) is 30.3 Å². The van der Waals surface area contributed by atoms with Crippen LogP contribution in [-0.4, -0.2) is 62.1 Å². The molecular formula is C24H24Cl2F4N2O4S. The van der Waals surface area contributed by atoms with Crippen LogP contribution in [0.25, 0.3) is 0 Å². The second-order valence-corrected chi connectivity index (χ2v) is 12.3. The maximum Gasteiger partial charge on any atom is 0.389 e. The van der Waals surface area contributed by atoms with Gasteiger partial charge in [0.15, 0.2) is 5.75 Å². The molecule has 0 atom stereocenters. The van der Waals surface area contributed by atoms with E-state index >= 15 is 0 Å². The van der Waals surface area contributed by atoms with Gasteiger partial charge in [0.25, 0.3) is 5.91 Å². The molecule has 13 heteroatoms. The van der Waals surface area contributed by atoms with Gasteiger partial charge in [-0.2, -0.15) is 13.2 Å². The van der Waals surface area contributed by atoms with E-state index in [-0.39, 0.29) is 44.0 Å². The zero-order chi connectivity index (χ0) is 27.2. The molecule has 6 nitrogen and oxygen atoms in total. The summed E-state index contributed by atoms with van der Waals surface area (Å²) < 4.78 is 82.3. The number of piperidine rings is 1. The topological polar surface area (TPSA) is 66.9 Å². The number of benzene rings is 2. The van der Waals surface area contributed by atoms with Gasteiger partial charge in [0, 0.05) is 44.1 Å². The molecule has 0 unspecified atom stereocenters. The molecule has 2 saturated heterocycles. The van der Waals surface area contributed by atoms with E-state index < -0.39 is 34.9 Å². The van der Waals surface area contributed by atoms with Crippen LogP contribution in [0.5, 0.6) is 11.5 Å². The van der Waals surface area contributed by atoms with Crippen molar-refractivity contribution < 1.29 is 35.5 Å². The Morgan fingerprint density at radius 2 is 1.76 bits per heavy atom. The molecule has 0 bridgehead atoms. The Balaban J connectivity index is 1.47. The highest BCUT2D eigenvalue weighted by Gasteiger charge is 2.48. The third-order valence-electron chi connectivity index (χ3n) is 6.73. The van der Waals surface area contributed by atoms with Crippen molar-refractivity contribution in [2.45, 2.75) is 31.9 Å². The Kier molecular flexibility index (Phi) is 7.73. The number of hydrogen-bond acceptors (Lipinski definition) is 4. The minimum atomic E-state index is -4.39. The van der Waals surface area contributed by atoms with Crippen molar-refractivity contribution in [3.05, 3.63) is 57.3 Å². The predicted octanol–water partition coefficient (Wildman–Crippen LogP) is 5.92. The average Bonchev–Trinajstić information content (AvgIpc) is 2.77. The number of rotatable bonds is 6. The first-order valence-electron chi connectivity index (χ1n) is 11.4. The van der Waals surface area contributed by atoms with E-state index in [1.165, 1.54) is 28.8 Å². The van der Waals surface area contributed by atoms with Crippen LogP contribution in [0, 0.1) is 11.2 Å². The van der Waals surface area contributed by atoms with E-state index in [0.717, 1.165) is 12.1 Å². The fraction of sp³-hybridized carbons (Fsp3) is 0.458. The Bertz CT molecular complexity index is 1300. The second kappa shape index (κ2) is 10.2. The van der Waals surface area contributed by atoms with Crippen molar-refractivity contribution in [2.24, 2.45) is 5.41 Å². The fourth-order valence-electron chi connectivity index (χ4n) is 4.63. The van der Waals surface area contributed by atoms with Gasteiger partial charge in [-0.25, -0.2) is 17.1 Å². The molecule has 2 heterocycles. The molecule has 1 spiro atoms. The summed E-state index contributed by atoms with van der Waals surface area (Å²) in [5.74, 6) is -1.38. The maximum absolute atomic E-state index is 14.1. The summed E-state index contributed by atoms with van der Waals surface area (Å²) in [7, 11) is -3.23. The number of aryl methyl sites for hydroxylation is 1. The molecule has 2 aromatic rings. The Labute approximate surface area is 222 Å². The van der Waals surface area contributed by atoms with E-state index in [1.807, 2.05) is 0 Å². The van der Waals surface area contributed by atoms with Crippen LogP contribution in [0.4, 0.5) is 17.6 Å². The number of likely N-dealkylation sites (tertiary alicyclic amines) is 1. The van der Waals surface area contributed by atoms with E-state index in [0.29, 0.717) is 39.0 Å². The zero-order valence-corrected chi connectivity index (χ0v) is 22.1. The second-order valence-electron chi connectivity index (χ2n) is 9.57. The molecule has 2 fully saturated rings. The van der Waals surface area contributed by atoms with Crippen LogP contribution in [0.3, 0.4) is 0 Å². The summed E-state index contributed by atoms with van der Waals surface area (Å²) in [6, 6.07) is 6.09. The predicted molar refractivity (Wildman–Crippen MR) is 131 cm³/mol. The van der Waals surface area contributed by atoms with Gasteiger partial charge in [0.1, 0.15) is 11.6 Å². The van der Waals surface area contributed by atoms with Gasteiger partial charge < -0.3 is 9.64 Å². The largest absolute Gasteiger partial charge is 0.454 e. The summed E-state index contributed by atoms with van der Waals surface area (Å²) >= 11 is 12.7. The number of hydrogen-bond donors (Lipinski definition) is 0.